The van der Waals surface area contributed by atoms with Gasteiger partial charge in [-0.1, -0.05) is 11.6 Å². The molecule has 0 aromatic heterocycles. The normalized spacial score (nSPS) is 9.18. The monoisotopic (exact) mass is 170 g/mol. The van der Waals surface area contributed by atoms with Crippen molar-refractivity contribution in [2.45, 2.75) is 0 Å². The van der Waals surface area contributed by atoms with E-state index in [1.165, 1.54) is 6.07 Å². The van der Waals surface area contributed by atoms with Crippen LogP contribution in [-0.4, -0.2) is 0 Å². The Kier molecular flexibility index (Phi) is 1.97. The van der Waals surface area contributed by atoms with Gasteiger partial charge in [-0.3, -0.25) is 0 Å². The third kappa shape index (κ3) is 1.41. The number of hydrogen-bond acceptors (Lipinski definition) is 1. The first-order valence-electron chi connectivity index (χ1n) is 2.77. The van der Waals surface area contributed by atoms with E-state index in [2.05, 4.69) is 4.85 Å². The maximum atomic E-state index is 12.6. The maximum Gasteiger partial charge on any atom is 0.212 e. The summed E-state index contributed by atoms with van der Waals surface area (Å²) in [5.41, 5.74) is 5.63. The lowest BCUT2D eigenvalue weighted by Gasteiger charge is -1.98. The largest absolute Gasteiger partial charge is 0.407 e. The molecular weight excluding hydrogens is 167 g/mol. The summed E-state index contributed by atoms with van der Waals surface area (Å²) < 4.78 is 12.6. The minimum absolute atomic E-state index is 0.0603. The molecule has 0 fully saturated rings. The molecule has 0 aliphatic carbocycles. The molecule has 1 rings (SSSR count). The molecular formula is C7H4ClFN2. The molecule has 11 heavy (non-hydrogen) atoms. The molecule has 0 radical (unpaired) electrons. The van der Waals surface area contributed by atoms with Gasteiger partial charge in [0.15, 0.2) is 0 Å². The predicted molar refractivity (Wildman–Crippen MR) is 42.1 cm³/mol. The van der Waals surface area contributed by atoms with E-state index in [0.717, 1.165) is 6.07 Å². The van der Waals surface area contributed by atoms with E-state index in [0.29, 0.717) is 0 Å². The highest BCUT2D eigenvalue weighted by Gasteiger charge is 2.04. The van der Waals surface area contributed by atoms with Gasteiger partial charge in [0.05, 0.1) is 11.6 Å². The summed E-state index contributed by atoms with van der Waals surface area (Å²) in [5, 5.41) is -0.0603. The van der Waals surface area contributed by atoms with Crippen molar-refractivity contribution in [1.29, 1.82) is 0 Å². The van der Waals surface area contributed by atoms with Crippen LogP contribution < -0.4 is 5.73 Å². The highest BCUT2D eigenvalue weighted by molar-refractivity contribution is 6.31. The molecule has 0 heterocycles. The summed E-state index contributed by atoms with van der Waals surface area (Å²) in [6.45, 7) is 6.59. The number of nitrogens with two attached hydrogens (primary N) is 1. The lowest BCUT2D eigenvalue weighted by molar-refractivity contribution is 0.629. The second kappa shape index (κ2) is 2.77. The molecule has 0 bridgehead atoms. The molecule has 0 amide bonds. The Labute approximate surface area is 68.2 Å². The minimum atomic E-state index is -0.619. The van der Waals surface area contributed by atoms with Gasteiger partial charge >= 0.3 is 0 Å². The zero-order valence-electron chi connectivity index (χ0n) is 5.44. The molecule has 0 aliphatic heterocycles. The first-order chi connectivity index (χ1) is 5.15. The third-order valence-electron chi connectivity index (χ3n) is 1.19. The molecule has 2 nitrogen and oxygen atoms in total. The van der Waals surface area contributed by atoms with Gasteiger partial charge in [0.2, 0.25) is 5.69 Å². The Balaban J connectivity index is 3.35. The number of hydrogen-bond donors (Lipinski definition) is 1. The molecule has 0 aliphatic rings. The molecule has 1 aromatic carbocycles. The van der Waals surface area contributed by atoms with Gasteiger partial charge in [-0.2, -0.15) is 0 Å². The average molecular weight is 171 g/mol. The van der Waals surface area contributed by atoms with Gasteiger partial charge in [0.1, 0.15) is 5.82 Å². The molecule has 1 aromatic rings. The van der Waals surface area contributed by atoms with Crippen LogP contribution in [0.4, 0.5) is 15.8 Å². The summed E-state index contributed by atoms with van der Waals surface area (Å²) in [5.74, 6) is -0.619. The summed E-state index contributed by atoms with van der Waals surface area (Å²) >= 11 is 5.39. The highest BCUT2D eigenvalue weighted by Crippen LogP contribution is 2.27. The number of rotatable bonds is 0. The third-order valence-corrected chi connectivity index (χ3v) is 1.48. The van der Waals surface area contributed by atoms with E-state index in [9.17, 15) is 4.39 Å². The van der Waals surface area contributed by atoms with Gasteiger partial charge in [0.25, 0.3) is 0 Å². The first kappa shape index (κ1) is 7.83. The number of anilines is 1. The van der Waals surface area contributed by atoms with Crippen molar-refractivity contribution in [2.75, 3.05) is 5.73 Å². The van der Waals surface area contributed by atoms with Crippen LogP contribution in [0.2, 0.25) is 5.02 Å². The van der Waals surface area contributed by atoms with Gasteiger partial charge in [-0.15, -0.1) is 0 Å². The van der Waals surface area contributed by atoms with Crippen LogP contribution in [0.3, 0.4) is 0 Å². The summed E-state index contributed by atoms with van der Waals surface area (Å²) in [7, 11) is 0. The quantitative estimate of drug-likeness (QED) is 0.471. The van der Waals surface area contributed by atoms with E-state index >= 15 is 0 Å². The summed E-state index contributed by atoms with van der Waals surface area (Å²) in [4.78, 5) is 3.00. The molecule has 56 valence electrons. The smallest absolute Gasteiger partial charge is 0.212 e. The van der Waals surface area contributed by atoms with Crippen LogP contribution in [0.5, 0.6) is 0 Å². The molecule has 0 spiro atoms. The first-order valence-corrected chi connectivity index (χ1v) is 3.15. The van der Waals surface area contributed by atoms with Crippen LogP contribution in [0, 0.1) is 12.4 Å². The van der Waals surface area contributed by atoms with Crippen molar-refractivity contribution in [2.24, 2.45) is 0 Å². The second-order valence-electron chi connectivity index (χ2n) is 1.94. The zero-order valence-corrected chi connectivity index (χ0v) is 6.19. The predicted octanol–water partition coefficient (Wildman–Crippen LogP) is 2.61. The number of halogens is 2. The standard InChI is InChI=1S/C7H4ClFN2/c1-11-7-3-5(9)4(8)2-6(7)10/h2-3H,10H2. The Morgan fingerprint density at radius 1 is 1.55 bits per heavy atom. The van der Waals surface area contributed by atoms with Gasteiger partial charge in [-0.25, -0.2) is 9.24 Å². The topological polar surface area (TPSA) is 30.4 Å². The summed E-state index contributed by atoms with van der Waals surface area (Å²) in [6, 6.07) is 2.24. The van der Waals surface area contributed by atoms with Gasteiger partial charge < -0.3 is 5.73 Å². The van der Waals surface area contributed by atoms with Crippen molar-refractivity contribution >= 4 is 23.0 Å². The van der Waals surface area contributed by atoms with Gasteiger partial charge in [-0.05, 0) is 12.1 Å². The van der Waals surface area contributed by atoms with Crippen LogP contribution in [-0.2, 0) is 0 Å². The Morgan fingerprint density at radius 2 is 2.18 bits per heavy atom. The van der Waals surface area contributed by atoms with E-state index in [-0.39, 0.29) is 16.4 Å². The Morgan fingerprint density at radius 3 is 2.73 bits per heavy atom. The van der Waals surface area contributed by atoms with E-state index in [1.807, 2.05) is 0 Å². The molecule has 0 saturated carbocycles. The fraction of sp³-hybridized carbons (Fsp3) is 0. The minimum Gasteiger partial charge on any atom is -0.407 e. The van der Waals surface area contributed by atoms with E-state index < -0.39 is 5.82 Å². The fourth-order valence-electron chi connectivity index (χ4n) is 0.649. The number of nitrogens with zero attached hydrogens (tertiary/aromatic N) is 1. The van der Waals surface area contributed by atoms with Crippen LogP contribution in [0.15, 0.2) is 12.1 Å². The average Bonchev–Trinajstić information content (AvgIpc) is 1.97. The van der Waals surface area contributed by atoms with Crippen LogP contribution in [0.1, 0.15) is 0 Å². The van der Waals surface area contributed by atoms with Crippen molar-refractivity contribution in [3.05, 3.63) is 34.4 Å². The molecule has 2 N–H and O–H groups in total. The van der Waals surface area contributed by atoms with Crippen molar-refractivity contribution in [3.63, 3.8) is 0 Å². The SMILES string of the molecule is [C-]#[N+]c1cc(F)c(Cl)cc1N. The van der Waals surface area contributed by atoms with Crippen molar-refractivity contribution in [1.82, 2.24) is 0 Å². The molecule has 0 unspecified atom stereocenters. The maximum absolute atomic E-state index is 12.6. The van der Waals surface area contributed by atoms with Crippen LogP contribution in [0.25, 0.3) is 4.85 Å². The number of benzene rings is 1. The lowest BCUT2D eigenvalue weighted by Crippen LogP contribution is -1.86. The van der Waals surface area contributed by atoms with Crippen molar-refractivity contribution in [3.8, 4) is 0 Å². The van der Waals surface area contributed by atoms with E-state index in [4.69, 9.17) is 23.9 Å². The second-order valence-corrected chi connectivity index (χ2v) is 2.34. The highest BCUT2D eigenvalue weighted by atomic mass is 35.5. The van der Waals surface area contributed by atoms with E-state index in [1.54, 1.807) is 0 Å². The van der Waals surface area contributed by atoms with Gasteiger partial charge in [0, 0.05) is 5.69 Å². The Bertz CT molecular complexity index is 330. The molecule has 4 heteroatoms. The Hall–Kier alpha value is -1.27. The molecule has 0 atom stereocenters. The molecule has 0 saturated heterocycles. The zero-order chi connectivity index (χ0) is 8.43. The fourth-order valence-corrected chi connectivity index (χ4v) is 0.821. The summed E-state index contributed by atoms with van der Waals surface area (Å²) in [6.07, 6.45) is 0. The van der Waals surface area contributed by atoms with Crippen molar-refractivity contribution < 1.29 is 4.39 Å². The van der Waals surface area contributed by atoms with Crippen LogP contribution >= 0.6 is 11.6 Å². The lowest BCUT2D eigenvalue weighted by atomic mass is 10.3. The number of nitrogen functional groups attached to an aromatic ring is 1.